The average molecular weight is 418 g/mol. The maximum atomic E-state index is 13.2. The number of nitrogens with one attached hydrogen (secondary N) is 1. The van der Waals surface area contributed by atoms with Crippen molar-refractivity contribution in [3.8, 4) is 0 Å². The Morgan fingerprint density at radius 1 is 1.10 bits per heavy atom. The zero-order chi connectivity index (χ0) is 19.3. The molecule has 1 unspecified atom stereocenters. The van der Waals surface area contributed by atoms with Crippen LogP contribution in [0, 0.1) is 5.82 Å². The number of nitrogens with zero attached hydrogens (tertiary/aromatic N) is 2. The van der Waals surface area contributed by atoms with E-state index in [4.69, 9.17) is 0 Å². The minimum atomic E-state index is -0.378. The van der Waals surface area contributed by atoms with Gasteiger partial charge in [-0.05, 0) is 62.1 Å². The first-order chi connectivity index (χ1) is 13.7. The van der Waals surface area contributed by atoms with Gasteiger partial charge in [-0.3, -0.25) is 9.69 Å². The van der Waals surface area contributed by atoms with Crippen LogP contribution in [-0.2, 0) is 6.42 Å². The number of hydrogen-bond acceptors (Lipinski definition) is 3. The average Bonchev–Trinajstić information content (AvgIpc) is 2.73. The standard InChI is InChI=1S/C23H28FN3O.ClH/c24-20-8-5-7-19(16-20)23(28)25-12-3-4-13-26-14-15-27-21(17-26)11-10-18-6-1-2-9-22(18)27;/h1-2,5-9,16,21H,3-4,10-15,17H2,(H,25,28);1H. The van der Waals surface area contributed by atoms with Crippen LogP contribution in [0.15, 0.2) is 48.5 Å². The highest BCUT2D eigenvalue weighted by Gasteiger charge is 2.30. The summed E-state index contributed by atoms with van der Waals surface area (Å²) in [4.78, 5) is 17.2. The van der Waals surface area contributed by atoms with Gasteiger partial charge in [-0.2, -0.15) is 0 Å². The van der Waals surface area contributed by atoms with Crippen LogP contribution in [0.2, 0.25) is 0 Å². The normalized spacial score (nSPS) is 18.4. The van der Waals surface area contributed by atoms with Crippen molar-refractivity contribution in [1.29, 1.82) is 0 Å². The summed E-state index contributed by atoms with van der Waals surface area (Å²) in [5.41, 5.74) is 3.30. The van der Waals surface area contributed by atoms with Gasteiger partial charge in [0.15, 0.2) is 0 Å². The molecule has 1 fully saturated rings. The number of halogens is 2. The first-order valence-corrected chi connectivity index (χ1v) is 10.3. The van der Waals surface area contributed by atoms with Crippen LogP contribution in [0.25, 0.3) is 0 Å². The second-order valence-electron chi connectivity index (χ2n) is 7.79. The van der Waals surface area contributed by atoms with E-state index in [9.17, 15) is 9.18 Å². The molecule has 4 nitrogen and oxygen atoms in total. The van der Waals surface area contributed by atoms with Gasteiger partial charge in [0.1, 0.15) is 5.82 Å². The largest absolute Gasteiger partial charge is 0.366 e. The molecule has 1 saturated heterocycles. The van der Waals surface area contributed by atoms with Gasteiger partial charge >= 0.3 is 0 Å². The monoisotopic (exact) mass is 417 g/mol. The second kappa shape index (κ2) is 10.1. The summed E-state index contributed by atoms with van der Waals surface area (Å²) in [6, 6.07) is 15.3. The third kappa shape index (κ3) is 5.28. The van der Waals surface area contributed by atoms with Gasteiger partial charge in [0, 0.05) is 43.5 Å². The lowest BCUT2D eigenvalue weighted by Crippen LogP contribution is -2.55. The van der Waals surface area contributed by atoms with Gasteiger partial charge in [0.25, 0.3) is 5.91 Å². The predicted molar refractivity (Wildman–Crippen MR) is 118 cm³/mol. The first kappa shape index (κ1) is 21.6. The van der Waals surface area contributed by atoms with E-state index in [1.165, 1.54) is 36.2 Å². The number of anilines is 1. The molecule has 0 radical (unpaired) electrons. The molecule has 2 aliphatic rings. The van der Waals surface area contributed by atoms with Gasteiger partial charge in [-0.25, -0.2) is 4.39 Å². The molecule has 2 heterocycles. The summed E-state index contributed by atoms with van der Waals surface area (Å²) in [6.07, 6.45) is 4.41. The van der Waals surface area contributed by atoms with Crippen molar-refractivity contribution < 1.29 is 9.18 Å². The van der Waals surface area contributed by atoms with Crippen molar-refractivity contribution in [2.75, 3.05) is 37.6 Å². The first-order valence-electron chi connectivity index (χ1n) is 10.3. The molecule has 6 heteroatoms. The maximum absolute atomic E-state index is 13.2. The zero-order valence-electron chi connectivity index (χ0n) is 16.6. The highest BCUT2D eigenvalue weighted by molar-refractivity contribution is 5.94. The highest BCUT2D eigenvalue weighted by atomic mass is 35.5. The van der Waals surface area contributed by atoms with E-state index in [1.807, 2.05) is 0 Å². The van der Waals surface area contributed by atoms with Crippen LogP contribution in [0.3, 0.4) is 0 Å². The third-order valence-electron chi connectivity index (χ3n) is 5.89. The summed E-state index contributed by atoms with van der Waals surface area (Å²) in [5.74, 6) is -0.578. The fourth-order valence-corrected chi connectivity index (χ4v) is 4.41. The summed E-state index contributed by atoms with van der Waals surface area (Å²) in [5, 5.41) is 2.89. The number of aryl methyl sites for hydroxylation is 1. The van der Waals surface area contributed by atoms with E-state index < -0.39 is 0 Å². The van der Waals surface area contributed by atoms with Crippen LogP contribution in [0.4, 0.5) is 10.1 Å². The molecule has 1 atom stereocenters. The summed E-state index contributed by atoms with van der Waals surface area (Å²) in [6.45, 7) is 5.02. The lowest BCUT2D eigenvalue weighted by atomic mass is 9.94. The van der Waals surface area contributed by atoms with Gasteiger partial charge in [0.2, 0.25) is 0 Å². The number of para-hydroxylation sites is 1. The molecule has 0 bridgehead atoms. The molecule has 2 aromatic carbocycles. The predicted octanol–water partition coefficient (Wildman–Crippen LogP) is 3.89. The molecule has 2 aromatic rings. The second-order valence-corrected chi connectivity index (χ2v) is 7.79. The number of unbranched alkanes of at least 4 members (excludes halogenated alkanes) is 1. The van der Waals surface area contributed by atoms with Crippen molar-refractivity contribution >= 4 is 24.0 Å². The third-order valence-corrected chi connectivity index (χ3v) is 5.89. The van der Waals surface area contributed by atoms with E-state index in [0.717, 1.165) is 39.0 Å². The molecule has 0 aromatic heterocycles. The maximum Gasteiger partial charge on any atom is 0.251 e. The van der Waals surface area contributed by atoms with Crippen LogP contribution in [0.5, 0.6) is 0 Å². The van der Waals surface area contributed by atoms with Crippen molar-refractivity contribution in [3.05, 3.63) is 65.5 Å². The molecule has 0 spiro atoms. The van der Waals surface area contributed by atoms with Crippen LogP contribution in [0.1, 0.15) is 35.2 Å². The molecule has 1 amide bonds. The summed E-state index contributed by atoms with van der Waals surface area (Å²) >= 11 is 0. The van der Waals surface area contributed by atoms with Crippen molar-refractivity contribution in [1.82, 2.24) is 10.2 Å². The Morgan fingerprint density at radius 2 is 1.97 bits per heavy atom. The molecule has 1 N–H and O–H groups in total. The minimum absolute atomic E-state index is 0. The zero-order valence-corrected chi connectivity index (χ0v) is 17.5. The molecule has 2 aliphatic heterocycles. The Hall–Kier alpha value is -2.11. The van der Waals surface area contributed by atoms with Crippen molar-refractivity contribution in [3.63, 3.8) is 0 Å². The van der Waals surface area contributed by atoms with Gasteiger partial charge < -0.3 is 10.2 Å². The number of rotatable bonds is 6. The number of carbonyl (C=O) groups is 1. The fourth-order valence-electron chi connectivity index (χ4n) is 4.41. The Kier molecular flexibility index (Phi) is 7.51. The number of carbonyl (C=O) groups excluding carboxylic acids is 1. The molecule has 156 valence electrons. The number of fused-ring (bicyclic) bond motifs is 3. The molecule has 29 heavy (non-hydrogen) atoms. The van der Waals surface area contributed by atoms with Crippen molar-refractivity contribution in [2.24, 2.45) is 0 Å². The SMILES string of the molecule is Cl.O=C(NCCCCN1CCN2c3ccccc3CCC2C1)c1cccc(F)c1. The molecule has 4 rings (SSSR count). The van der Waals surface area contributed by atoms with Crippen LogP contribution >= 0.6 is 12.4 Å². The number of hydrogen-bond donors (Lipinski definition) is 1. The van der Waals surface area contributed by atoms with Crippen LogP contribution < -0.4 is 10.2 Å². The Morgan fingerprint density at radius 3 is 2.83 bits per heavy atom. The van der Waals surface area contributed by atoms with E-state index in [-0.39, 0.29) is 24.1 Å². The Bertz CT molecular complexity index is 831. The smallest absolute Gasteiger partial charge is 0.251 e. The number of amides is 1. The fraction of sp³-hybridized carbons (Fsp3) is 0.435. The van der Waals surface area contributed by atoms with E-state index in [2.05, 4.69) is 39.4 Å². The van der Waals surface area contributed by atoms with Gasteiger partial charge in [-0.1, -0.05) is 24.3 Å². The summed E-state index contributed by atoms with van der Waals surface area (Å²) in [7, 11) is 0. The van der Waals surface area contributed by atoms with E-state index in [1.54, 1.807) is 12.1 Å². The van der Waals surface area contributed by atoms with Gasteiger partial charge in [0.05, 0.1) is 0 Å². The number of piperazine rings is 1. The Labute approximate surface area is 178 Å². The highest BCUT2D eigenvalue weighted by Crippen LogP contribution is 2.32. The quantitative estimate of drug-likeness (QED) is 0.724. The van der Waals surface area contributed by atoms with E-state index in [0.29, 0.717) is 18.2 Å². The number of benzene rings is 2. The minimum Gasteiger partial charge on any atom is -0.366 e. The van der Waals surface area contributed by atoms with Crippen LogP contribution in [-0.4, -0.2) is 49.6 Å². The molecule has 0 saturated carbocycles. The molecular formula is C23H29ClFN3O. The van der Waals surface area contributed by atoms with Crippen molar-refractivity contribution in [2.45, 2.75) is 31.7 Å². The van der Waals surface area contributed by atoms with Gasteiger partial charge in [-0.15, -0.1) is 12.4 Å². The Balaban J connectivity index is 0.00000240. The lowest BCUT2D eigenvalue weighted by molar-refractivity contribution is 0.0952. The topological polar surface area (TPSA) is 35.6 Å². The molecular weight excluding hydrogens is 389 g/mol. The molecule has 0 aliphatic carbocycles. The van der Waals surface area contributed by atoms with E-state index >= 15 is 0 Å². The summed E-state index contributed by atoms with van der Waals surface area (Å²) < 4.78 is 13.2. The lowest BCUT2D eigenvalue weighted by Gasteiger charge is -2.46.